The van der Waals surface area contributed by atoms with Gasteiger partial charge in [0.25, 0.3) is 11.6 Å². The molecule has 3 aromatic rings. The Bertz CT molecular complexity index is 1080. The standard InChI is InChI=1S/C20H19ClN4O3S/c1-12-9-17-18(10-13(12)2)29-20(22-17)24-7-5-23(6-8-24)19(26)15-11-14(25(27)28)3-4-16(15)21/h3-4,9-11H,5-8H2,1-2H3. The lowest BCUT2D eigenvalue weighted by Crippen LogP contribution is -2.48. The van der Waals surface area contributed by atoms with Gasteiger partial charge in [-0.2, -0.15) is 0 Å². The number of benzene rings is 2. The molecule has 1 aromatic heterocycles. The van der Waals surface area contributed by atoms with Crippen LogP contribution in [0.25, 0.3) is 10.2 Å². The molecule has 0 radical (unpaired) electrons. The zero-order chi connectivity index (χ0) is 20.7. The third-order valence-electron chi connectivity index (χ3n) is 5.22. The van der Waals surface area contributed by atoms with Crippen molar-refractivity contribution in [2.45, 2.75) is 13.8 Å². The number of aryl methyl sites for hydroxylation is 2. The Balaban J connectivity index is 1.49. The summed E-state index contributed by atoms with van der Waals surface area (Å²) >= 11 is 7.78. The second-order valence-electron chi connectivity index (χ2n) is 7.10. The Morgan fingerprint density at radius 1 is 1.14 bits per heavy atom. The van der Waals surface area contributed by atoms with Crippen LogP contribution in [0, 0.1) is 24.0 Å². The van der Waals surface area contributed by atoms with Crippen molar-refractivity contribution < 1.29 is 9.72 Å². The van der Waals surface area contributed by atoms with Crippen LogP contribution in [0.3, 0.4) is 0 Å². The Labute approximate surface area is 176 Å². The summed E-state index contributed by atoms with van der Waals surface area (Å²) in [5, 5.41) is 12.2. The van der Waals surface area contributed by atoms with Crippen molar-refractivity contribution in [3.05, 3.63) is 62.2 Å². The molecule has 150 valence electrons. The summed E-state index contributed by atoms with van der Waals surface area (Å²) in [4.78, 5) is 31.9. The van der Waals surface area contributed by atoms with Gasteiger partial charge in [-0.05, 0) is 43.2 Å². The molecule has 0 aliphatic carbocycles. The fourth-order valence-corrected chi connectivity index (χ4v) is 4.66. The van der Waals surface area contributed by atoms with Gasteiger partial charge in [-0.1, -0.05) is 22.9 Å². The highest BCUT2D eigenvalue weighted by Gasteiger charge is 2.26. The molecule has 0 unspecified atom stereocenters. The van der Waals surface area contributed by atoms with E-state index >= 15 is 0 Å². The zero-order valence-corrected chi connectivity index (χ0v) is 17.6. The molecule has 1 fully saturated rings. The minimum Gasteiger partial charge on any atom is -0.345 e. The van der Waals surface area contributed by atoms with E-state index in [-0.39, 0.29) is 22.2 Å². The molecule has 1 aliphatic heterocycles. The maximum Gasteiger partial charge on any atom is 0.270 e. The van der Waals surface area contributed by atoms with Crippen molar-refractivity contribution in [2.24, 2.45) is 0 Å². The number of carbonyl (C=O) groups is 1. The summed E-state index contributed by atoms with van der Waals surface area (Å²) < 4.78 is 1.16. The number of hydrogen-bond donors (Lipinski definition) is 0. The Hall–Kier alpha value is -2.71. The van der Waals surface area contributed by atoms with E-state index in [0.29, 0.717) is 26.2 Å². The van der Waals surface area contributed by atoms with Gasteiger partial charge in [0.2, 0.25) is 0 Å². The minimum absolute atomic E-state index is 0.142. The number of amides is 1. The third kappa shape index (κ3) is 3.77. The lowest BCUT2D eigenvalue weighted by molar-refractivity contribution is -0.384. The first kappa shape index (κ1) is 19.6. The molecular weight excluding hydrogens is 412 g/mol. The van der Waals surface area contributed by atoms with Crippen molar-refractivity contribution in [3.8, 4) is 0 Å². The molecule has 0 bridgehead atoms. The summed E-state index contributed by atoms with van der Waals surface area (Å²) in [7, 11) is 0. The monoisotopic (exact) mass is 430 g/mol. The molecule has 0 saturated carbocycles. The van der Waals surface area contributed by atoms with Gasteiger partial charge in [0, 0.05) is 38.3 Å². The summed E-state index contributed by atoms with van der Waals surface area (Å²) in [6.07, 6.45) is 0. The molecule has 0 spiro atoms. The maximum absolute atomic E-state index is 12.8. The highest BCUT2D eigenvalue weighted by Crippen LogP contribution is 2.31. The van der Waals surface area contributed by atoms with Crippen LogP contribution in [-0.2, 0) is 0 Å². The maximum atomic E-state index is 12.8. The molecule has 2 aromatic carbocycles. The molecule has 4 rings (SSSR count). The fourth-order valence-electron chi connectivity index (χ4n) is 3.36. The van der Waals surface area contributed by atoms with E-state index < -0.39 is 4.92 Å². The number of nitrogens with zero attached hydrogens (tertiary/aromatic N) is 4. The number of piperazine rings is 1. The lowest BCUT2D eigenvalue weighted by atomic mass is 10.1. The van der Waals surface area contributed by atoms with Crippen LogP contribution in [-0.4, -0.2) is 46.9 Å². The summed E-state index contributed by atoms with van der Waals surface area (Å²) in [6.45, 7) is 6.48. The van der Waals surface area contributed by atoms with Crippen LogP contribution in [0.5, 0.6) is 0 Å². The Morgan fingerprint density at radius 2 is 1.83 bits per heavy atom. The zero-order valence-electron chi connectivity index (χ0n) is 16.0. The van der Waals surface area contributed by atoms with E-state index in [4.69, 9.17) is 16.6 Å². The number of halogens is 1. The van der Waals surface area contributed by atoms with Gasteiger partial charge in [0.05, 0.1) is 25.7 Å². The summed E-state index contributed by atoms with van der Waals surface area (Å²) in [5.74, 6) is -0.283. The number of hydrogen-bond acceptors (Lipinski definition) is 6. The molecule has 1 aliphatic rings. The number of rotatable bonds is 3. The van der Waals surface area contributed by atoms with Crippen molar-refractivity contribution in [1.82, 2.24) is 9.88 Å². The van der Waals surface area contributed by atoms with Crippen LogP contribution in [0.4, 0.5) is 10.8 Å². The first-order valence-electron chi connectivity index (χ1n) is 9.19. The highest BCUT2D eigenvalue weighted by molar-refractivity contribution is 7.22. The largest absolute Gasteiger partial charge is 0.345 e. The number of fused-ring (bicyclic) bond motifs is 1. The van der Waals surface area contributed by atoms with E-state index in [1.165, 1.54) is 29.3 Å². The number of aromatic nitrogens is 1. The number of carbonyl (C=O) groups excluding carboxylic acids is 1. The number of nitro groups is 1. The first-order chi connectivity index (χ1) is 13.8. The van der Waals surface area contributed by atoms with Crippen molar-refractivity contribution in [3.63, 3.8) is 0 Å². The topological polar surface area (TPSA) is 79.6 Å². The van der Waals surface area contributed by atoms with Crippen LogP contribution in [0.15, 0.2) is 30.3 Å². The Kier molecular flexibility index (Phi) is 5.14. The molecule has 1 amide bonds. The number of nitro benzene ring substituents is 1. The van der Waals surface area contributed by atoms with E-state index in [9.17, 15) is 14.9 Å². The van der Waals surface area contributed by atoms with Crippen LogP contribution >= 0.6 is 22.9 Å². The molecule has 2 heterocycles. The van der Waals surface area contributed by atoms with E-state index in [0.717, 1.165) is 15.3 Å². The van der Waals surface area contributed by atoms with Crippen LogP contribution < -0.4 is 4.90 Å². The van der Waals surface area contributed by atoms with Gasteiger partial charge >= 0.3 is 0 Å². The van der Waals surface area contributed by atoms with Gasteiger partial charge in [0.1, 0.15) is 0 Å². The van der Waals surface area contributed by atoms with Gasteiger partial charge in [-0.3, -0.25) is 14.9 Å². The van der Waals surface area contributed by atoms with Gasteiger partial charge in [-0.25, -0.2) is 4.98 Å². The van der Waals surface area contributed by atoms with Crippen LogP contribution in [0.1, 0.15) is 21.5 Å². The van der Waals surface area contributed by atoms with E-state index in [1.807, 2.05) is 0 Å². The summed E-state index contributed by atoms with van der Waals surface area (Å²) in [6, 6.07) is 8.21. The van der Waals surface area contributed by atoms with Crippen molar-refractivity contribution in [2.75, 3.05) is 31.1 Å². The van der Waals surface area contributed by atoms with Gasteiger partial charge in [-0.15, -0.1) is 0 Å². The highest BCUT2D eigenvalue weighted by atomic mass is 35.5. The first-order valence-corrected chi connectivity index (χ1v) is 10.4. The summed E-state index contributed by atoms with van der Waals surface area (Å²) in [5.41, 5.74) is 3.49. The predicted molar refractivity (Wildman–Crippen MR) is 115 cm³/mol. The molecular formula is C20H19ClN4O3S. The van der Waals surface area contributed by atoms with Crippen LogP contribution in [0.2, 0.25) is 5.02 Å². The smallest absolute Gasteiger partial charge is 0.270 e. The molecule has 29 heavy (non-hydrogen) atoms. The second-order valence-corrected chi connectivity index (χ2v) is 8.52. The van der Waals surface area contributed by atoms with Crippen molar-refractivity contribution in [1.29, 1.82) is 0 Å². The van der Waals surface area contributed by atoms with Gasteiger partial charge in [0.15, 0.2) is 5.13 Å². The van der Waals surface area contributed by atoms with Gasteiger partial charge < -0.3 is 9.80 Å². The third-order valence-corrected chi connectivity index (χ3v) is 6.63. The fraction of sp³-hybridized carbons (Fsp3) is 0.300. The molecule has 1 saturated heterocycles. The average Bonchev–Trinajstić information content (AvgIpc) is 3.10. The normalized spacial score (nSPS) is 14.4. The number of anilines is 1. The van der Waals surface area contributed by atoms with E-state index in [1.54, 1.807) is 16.2 Å². The lowest BCUT2D eigenvalue weighted by Gasteiger charge is -2.34. The predicted octanol–water partition coefficient (Wildman–Crippen LogP) is 4.44. The van der Waals surface area contributed by atoms with Crippen molar-refractivity contribution >= 4 is 49.9 Å². The minimum atomic E-state index is -0.526. The van der Waals surface area contributed by atoms with E-state index in [2.05, 4.69) is 30.9 Å². The molecule has 9 heteroatoms. The average molecular weight is 431 g/mol. The molecule has 0 atom stereocenters. The Morgan fingerprint density at radius 3 is 2.52 bits per heavy atom. The number of non-ortho nitro benzene ring substituents is 1. The number of thiazole rings is 1. The molecule has 0 N–H and O–H groups in total. The molecule has 7 nitrogen and oxygen atoms in total. The second kappa shape index (κ2) is 7.61. The SMILES string of the molecule is Cc1cc2nc(N3CCN(C(=O)c4cc([N+](=O)[O-])ccc4Cl)CC3)sc2cc1C. The quantitative estimate of drug-likeness (QED) is 0.453.